The normalized spacial score (nSPS) is 19.4. The Morgan fingerprint density at radius 3 is 2.45 bits per heavy atom. The lowest BCUT2D eigenvalue weighted by Crippen LogP contribution is -2.34. The van der Waals surface area contributed by atoms with Crippen LogP contribution in [0.2, 0.25) is 0 Å². The van der Waals surface area contributed by atoms with Gasteiger partial charge in [0.2, 0.25) is 0 Å². The smallest absolute Gasteiger partial charge is 0.306 e. The molecule has 1 aliphatic carbocycles. The van der Waals surface area contributed by atoms with Gasteiger partial charge in [0.05, 0.1) is 11.0 Å². The first-order chi connectivity index (χ1) is 15.8. The second kappa shape index (κ2) is 8.13. The number of hydrogen-bond donors (Lipinski definition) is 1. The van der Waals surface area contributed by atoms with Gasteiger partial charge < -0.3 is 9.88 Å². The number of benzene rings is 1. The maximum Gasteiger partial charge on any atom is 0.326 e. The molecule has 0 aliphatic heterocycles. The molecule has 0 atom stereocenters. The molecule has 3 heterocycles. The molecule has 33 heavy (non-hydrogen) atoms. The molecule has 7 nitrogen and oxygen atoms in total. The third kappa shape index (κ3) is 3.59. The number of aryl methyl sites for hydroxylation is 1. The maximum absolute atomic E-state index is 13.1. The first kappa shape index (κ1) is 21.9. The van der Waals surface area contributed by atoms with Gasteiger partial charge in [-0.2, -0.15) is 5.10 Å². The zero-order chi connectivity index (χ0) is 23.4. The molecule has 1 N–H and O–H groups in total. The van der Waals surface area contributed by atoms with Crippen LogP contribution in [0, 0.1) is 13.8 Å². The van der Waals surface area contributed by atoms with Gasteiger partial charge >= 0.3 is 5.69 Å². The van der Waals surface area contributed by atoms with Gasteiger partial charge in [0, 0.05) is 23.8 Å². The maximum atomic E-state index is 13.1. The summed E-state index contributed by atoms with van der Waals surface area (Å²) >= 11 is 0. The van der Waals surface area contributed by atoms with Crippen LogP contribution < -0.4 is 5.69 Å². The van der Waals surface area contributed by atoms with Crippen LogP contribution in [0.5, 0.6) is 0 Å². The number of nitrogens with zero attached hydrogens (tertiary/aromatic N) is 5. The van der Waals surface area contributed by atoms with Crippen LogP contribution in [0.3, 0.4) is 0 Å². The fourth-order valence-electron chi connectivity index (χ4n) is 5.57. The fraction of sp³-hybridized carbons (Fsp3) is 0.500. The molecule has 1 saturated carbocycles. The highest BCUT2D eigenvalue weighted by atomic mass is 16.1. The molecule has 0 unspecified atom stereocenters. The van der Waals surface area contributed by atoms with Crippen LogP contribution in [0.15, 0.2) is 29.5 Å². The average Bonchev–Trinajstić information content (AvgIpc) is 3.38. The number of hydrogen-bond acceptors (Lipinski definition) is 4. The highest BCUT2D eigenvalue weighted by Gasteiger charge is 2.27. The predicted molar refractivity (Wildman–Crippen MR) is 133 cm³/mol. The number of aromatic amines is 1. The van der Waals surface area contributed by atoms with Crippen LogP contribution >= 0.6 is 0 Å². The zero-order valence-electron chi connectivity index (χ0n) is 20.5. The lowest BCUT2D eigenvalue weighted by Gasteiger charge is -2.33. The van der Waals surface area contributed by atoms with Crippen molar-refractivity contribution in [1.82, 2.24) is 29.0 Å². The number of pyridine rings is 1. The molecule has 3 aromatic heterocycles. The number of imidazole rings is 1. The summed E-state index contributed by atoms with van der Waals surface area (Å²) in [5.41, 5.74) is 8.68. The molecule has 0 bridgehead atoms. The summed E-state index contributed by atoms with van der Waals surface area (Å²) in [5.74, 6) is 0.318. The molecular weight excluding hydrogens is 412 g/mol. The van der Waals surface area contributed by atoms with E-state index in [9.17, 15) is 4.79 Å². The molecular formula is C26H34N6O. The molecule has 1 fully saturated rings. The summed E-state index contributed by atoms with van der Waals surface area (Å²) in [7, 11) is 4.30. The van der Waals surface area contributed by atoms with E-state index in [1.54, 1.807) is 6.33 Å². The van der Waals surface area contributed by atoms with Crippen molar-refractivity contribution in [3.8, 4) is 11.1 Å². The summed E-state index contributed by atoms with van der Waals surface area (Å²) in [4.78, 5) is 23.0. The second-order valence-electron chi connectivity index (χ2n) is 10.2. The van der Waals surface area contributed by atoms with Gasteiger partial charge in [-0.05, 0) is 93.9 Å². The van der Waals surface area contributed by atoms with Crippen molar-refractivity contribution in [3.05, 3.63) is 51.8 Å². The van der Waals surface area contributed by atoms with Gasteiger partial charge in [0.15, 0.2) is 5.65 Å². The minimum atomic E-state index is 0.00444. The number of rotatable bonds is 4. The zero-order valence-corrected chi connectivity index (χ0v) is 20.5. The molecule has 5 rings (SSSR count). The van der Waals surface area contributed by atoms with Crippen molar-refractivity contribution in [2.45, 2.75) is 71.4 Å². The van der Waals surface area contributed by atoms with E-state index in [1.165, 1.54) is 11.1 Å². The summed E-state index contributed by atoms with van der Waals surface area (Å²) in [6.07, 6.45) is 7.99. The Kier molecular flexibility index (Phi) is 5.40. The van der Waals surface area contributed by atoms with Crippen LogP contribution in [0.1, 0.15) is 68.2 Å². The number of H-pyrrole nitrogens is 1. The Morgan fingerprint density at radius 1 is 1.06 bits per heavy atom. The van der Waals surface area contributed by atoms with E-state index >= 15 is 0 Å². The Bertz CT molecular complexity index is 1380. The van der Waals surface area contributed by atoms with E-state index in [2.05, 4.69) is 80.1 Å². The molecule has 0 saturated heterocycles. The van der Waals surface area contributed by atoms with E-state index in [0.717, 1.165) is 59.1 Å². The van der Waals surface area contributed by atoms with Crippen molar-refractivity contribution in [2.75, 3.05) is 14.1 Å². The van der Waals surface area contributed by atoms with E-state index in [0.29, 0.717) is 12.0 Å². The summed E-state index contributed by atoms with van der Waals surface area (Å²) in [6.45, 7) is 8.68. The third-order valence-electron chi connectivity index (χ3n) is 7.69. The highest BCUT2D eigenvalue weighted by Crippen LogP contribution is 2.37. The van der Waals surface area contributed by atoms with Gasteiger partial charge in [-0.15, -0.1) is 0 Å². The molecule has 1 aliphatic rings. The van der Waals surface area contributed by atoms with E-state index in [1.807, 2.05) is 9.08 Å². The first-order valence-corrected chi connectivity index (χ1v) is 12.0. The number of fused-ring (bicyclic) bond motifs is 2. The number of nitrogens with one attached hydrogen (secondary N) is 1. The van der Waals surface area contributed by atoms with Crippen molar-refractivity contribution in [3.63, 3.8) is 0 Å². The van der Waals surface area contributed by atoms with E-state index in [4.69, 9.17) is 0 Å². The quantitative estimate of drug-likeness (QED) is 0.488. The molecule has 0 amide bonds. The molecule has 0 spiro atoms. The van der Waals surface area contributed by atoms with Crippen LogP contribution in [0.4, 0.5) is 0 Å². The summed E-state index contributed by atoms with van der Waals surface area (Å²) < 4.78 is 3.87. The van der Waals surface area contributed by atoms with Crippen molar-refractivity contribution < 1.29 is 0 Å². The lowest BCUT2D eigenvalue weighted by molar-refractivity contribution is 0.195. The highest BCUT2D eigenvalue weighted by molar-refractivity contribution is 5.86. The monoisotopic (exact) mass is 446 g/mol. The Morgan fingerprint density at radius 2 is 1.79 bits per heavy atom. The lowest BCUT2D eigenvalue weighted by atomic mass is 9.88. The largest absolute Gasteiger partial charge is 0.326 e. The van der Waals surface area contributed by atoms with Gasteiger partial charge in [-0.25, -0.2) is 14.3 Å². The van der Waals surface area contributed by atoms with E-state index in [-0.39, 0.29) is 11.7 Å². The van der Waals surface area contributed by atoms with Crippen LogP contribution in [-0.4, -0.2) is 49.2 Å². The number of aromatic nitrogens is 5. The minimum Gasteiger partial charge on any atom is -0.306 e. The van der Waals surface area contributed by atoms with Gasteiger partial charge in [-0.1, -0.05) is 13.8 Å². The molecule has 4 aromatic rings. The Balaban J connectivity index is 1.65. The van der Waals surface area contributed by atoms with Crippen molar-refractivity contribution in [2.24, 2.45) is 0 Å². The van der Waals surface area contributed by atoms with Gasteiger partial charge in [0.1, 0.15) is 6.33 Å². The Labute approximate surface area is 194 Å². The summed E-state index contributed by atoms with van der Waals surface area (Å²) in [6, 6.07) is 5.27. The predicted octanol–water partition coefficient (Wildman–Crippen LogP) is 4.82. The standard InChI is InChI=1S/C26H34N6O/c1-15(2)20-12-24-23(29-26(33)32(24)19-9-7-18(8-10-19)30(5)6)11-21(20)22-13-31-25(27-14-28-31)17(4)16(22)3/h11-15,18-19H,7-10H2,1-6H3,(H,29,33)/t18-,19+. The van der Waals surface area contributed by atoms with E-state index < -0.39 is 0 Å². The second-order valence-corrected chi connectivity index (χ2v) is 10.2. The molecule has 174 valence electrons. The van der Waals surface area contributed by atoms with Crippen molar-refractivity contribution in [1.29, 1.82) is 0 Å². The third-order valence-corrected chi connectivity index (χ3v) is 7.69. The minimum absolute atomic E-state index is 0.00444. The van der Waals surface area contributed by atoms with Gasteiger partial charge in [0.25, 0.3) is 0 Å². The topological polar surface area (TPSA) is 71.2 Å². The molecule has 7 heteroatoms. The van der Waals surface area contributed by atoms with Crippen LogP contribution in [0.25, 0.3) is 27.8 Å². The Hall–Kier alpha value is -2.93. The van der Waals surface area contributed by atoms with Crippen molar-refractivity contribution >= 4 is 16.7 Å². The molecule has 0 radical (unpaired) electrons. The summed E-state index contributed by atoms with van der Waals surface area (Å²) in [5, 5.41) is 4.38. The van der Waals surface area contributed by atoms with Gasteiger partial charge in [-0.3, -0.25) is 4.57 Å². The van der Waals surface area contributed by atoms with Crippen LogP contribution in [-0.2, 0) is 0 Å². The first-order valence-electron chi connectivity index (χ1n) is 12.0. The average molecular weight is 447 g/mol. The molecule has 1 aromatic carbocycles. The fourth-order valence-corrected chi connectivity index (χ4v) is 5.57. The SMILES string of the molecule is Cc1c(-c2cc3[nH]c(=O)n([C@H]4CC[C@@H](N(C)C)CC4)c3cc2C(C)C)cn2ncnc2c1C.